The quantitative estimate of drug-likeness (QED) is 0.586. The molecule has 0 spiro atoms. The highest BCUT2D eigenvalue weighted by Gasteiger charge is 2.22. The van der Waals surface area contributed by atoms with Gasteiger partial charge in [0.1, 0.15) is 5.82 Å². The molecule has 1 amide bonds. The molecule has 0 saturated heterocycles. The molecule has 140 valence electrons. The van der Waals surface area contributed by atoms with E-state index in [0.717, 1.165) is 16.5 Å². The molecule has 27 heavy (non-hydrogen) atoms. The molecule has 0 fully saturated rings. The zero-order chi connectivity index (χ0) is 19.2. The molecule has 3 rings (SSSR count). The van der Waals surface area contributed by atoms with Crippen LogP contribution in [0.4, 0.5) is 0 Å². The van der Waals surface area contributed by atoms with Crippen LogP contribution in [-0.2, 0) is 17.9 Å². The molecule has 3 aromatic rings. The van der Waals surface area contributed by atoms with Gasteiger partial charge in [-0.05, 0) is 25.0 Å². The maximum absolute atomic E-state index is 12.8. The second-order valence-electron chi connectivity index (χ2n) is 6.54. The Morgan fingerprint density at radius 3 is 2.26 bits per heavy atom. The molecule has 0 aliphatic carbocycles. The Hall–Kier alpha value is -2.60. The highest BCUT2D eigenvalue weighted by Crippen LogP contribution is 2.24. The molecular weight excluding hydrogens is 356 g/mol. The van der Waals surface area contributed by atoms with E-state index in [2.05, 4.69) is 26.9 Å². The van der Waals surface area contributed by atoms with E-state index < -0.39 is 0 Å². The van der Waals surface area contributed by atoms with Crippen molar-refractivity contribution in [2.24, 2.45) is 0 Å². The lowest BCUT2D eigenvalue weighted by Crippen LogP contribution is -2.33. The number of hydrogen-bond donors (Lipinski definition) is 0. The van der Waals surface area contributed by atoms with E-state index in [-0.39, 0.29) is 11.2 Å². The Morgan fingerprint density at radius 2 is 1.63 bits per heavy atom. The molecular formula is C21H24N4OS. The summed E-state index contributed by atoms with van der Waals surface area (Å²) in [6, 6.07) is 20.2. The predicted octanol–water partition coefficient (Wildman–Crippen LogP) is 3.77. The van der Waals surface area contributed by atoms with Gasteiger partial charge in [-0.15, -0.1) is 10.2 Å². The summed E-state index contributed by atoms with van der Waals surface area (Å²) in [5.41, 5.74) is 2.30. The molecule has 0 N–H and O–H groups in total. The summed E-state index contributed by atoms with van der Waals surface area (Å²) < 4.78 is 2.06. The van der Waals surface area contributed by atoms with Crippen LogP contribution in [0, 0.1) is 6.92 Å². The number of aromatic nitrogens is 3. The molecule has 0 aliphatic rings. The summed E-state index contributed by atoms with van der Waals surface area (Å²) in [4.78, 5) is 14.5. The van der Waals surface area contributed by atoms with Gasteiger partial charge in [0.15, 0.2) is 5.16 Å². The lowest BCUT2D eigenvalue weighted by Gasteiger charge is -2.21. The maximum atomic E-state index is 12.8. The summed E-state index contributed by atoms with van der Waals surface area (Å²) in [5.74, 6) is 0.925. The Labute approximate surface area is 164 Å². The predicted molar refractivity (Wildman–Crippen MR) is 109 cm³/mol. The van der Waals surface area contributed by atoms with Crippen molar-refractivity contribution in [3.63, 3.8) is 0 Å². The van der Waals surface area contributed by atoms with Crippen molar-refractivity contribution in [2.75, 3.05) is 7.05 Å². The Bertz CT molecular complexity index is 880. The van der Waals surface area contributed by atoms with Gasteiger partial charge in [0.25, 0.3) is 0 Å². The van der Waals surface area contributed by atoms with Crippen LogP contribution < -0.4 is 0 Å². The van der Waals surface area contributed by atoms with Crippen LogP contribution in [0.3, 0.4) is 0 Å². The fourth-order valence-electron chi connectivity index (χ4n) is 2.85. The van der Waals surface area contributed by atoms with Gasteiger partial charge in [-0.25, -0.2) is 0 Å². The van der Waals surface area contributed by atoms with E-state index >= 15 is 0 Å². The third-order valence-corrected chi connectivity index (χ3v) is 5.42. The summed E-state index contributed by atoms with van der Waals surface area (Å²) in [5, 5.41) is 9.02. The van der Waals surface area contributed by atoms with Crippen molar-refractivity contribution in [2.45, 2.75) is 37.3 Å². The Morgan fingerprint density at radius 1 is 1.04 bits per heavy atom. The molecule has 0 radical (unpaired) electrons. The van der Waals surface area contributed by atoms with Crippen LogP contribution in [0.25, 0.3) is 0 Å². The summed E-state index contributed by atoms with van der Waals surface area (Å²) in [6.45, 7) is 5.16. The first-order valence-corrected chi connectivity index (χ1v) is 9.82. The van der Waals surface area contributed by atoms with E-state index in [9.17, 15) is 4.79 Å². The lowest BCUT2D eigenvalue weighted by molar-refractivity contribution is -0.129. The number of aryl methyl sites for hydroxylation is 1. The van der Waals surface area contributed by atoms with E-state index in [1.54, 1.807) is 4.90 Å². The number of nitrogens with zero attached hydrogens (tertiary/aromatic N) is 4. The van der Waals surface area contributed by atoms with Crippen molar-refractivity contribution in [3.8, 4) is 0 Å². The van der Waals surface area contributed by atoms with E-state index in [1.807, 2.05) is 69.4 Å². The number of benzene rings is 2. The van der Waals surface area contributed by atoms with Gasteiger partial charge in [0.2, 0.25) is 5.91 Å². The monoisotopic (exact) mass is 380 g/mol. The van der Waals surface area contributed by atoms with E-state index in [4.69, 9.17) is 0 Å². The molecule has 1 heterocycles. The van der Waals surface area contributed by atoms with Gasteiger partial charge >= 0.3 is 0 Å². The molecule has 1 unspecified atom stereocenters. The number of rotatable bonds is 7. The fraction of sp³-hybridized carbons (Fsp3) is 0.286. The highest BCUT2D eigenvalue weighted by molar-refractivity contribution is 8.00. The van der Waals surface area contributed by atoms with Crippen molar-refractivity contribution in [1.29, 1.82) is 0 Å². The highest BCUT2D eigenvalue weighted by atomic mass is 32.2. The van der Waals surface area contributed by atoms with Crippen molar-refractivity contribution in [1.82, 2.24) is 19.7 Å². The smallest absolute Gasteiger partial charge is 0.235 e. The minimum absolute atomic E-state index is 0.0794. The molecule has 0 aliphatic heterocycles. The van der Waals surface area contributed by atoms with E-state index in [1.165, 1.54) is 17.3 Å². The average Bonchev–Trinajstić information content (AvgIpc) is 3.02. The SMILES string of the molecule is Cc1nnc(SC(C)C(=O)N(C)Cc2ccccc2)n1Cc1ccccc1. The first kappa shape index (κ1) is 19.2. The van der Waals surface area contributed by atoms with Crippen LogP contribution in [0.1, 0.15) is 23.9 Å². The van der Waals surface area contributed by atoms with Crippen LogP contribution in [-0.4, -0.2) is 37.9 Å². The van der Waals surface area contributed by atoms with Gasteiger partial charge in [-0.3, -0.25) is 4.79 Å². The normalized spacial score (nSPS) is 12.0. The molecule has 2 aromatic carbocycles. The molecule has 6 heteroatoms. The number of carbonyl (C=O) groups is 1. The van der Waals surface area contributed by atoms with Crippen LogP contribution >= 0.6 is 11.8 Å². The van der Waals surface area contributed by atoms with Gasteiger partial charge in [-0.1, -0.05) is 72.4 Å². The lowest BCUT2D eigenvalue weighted by atomic mass is 10.2. The third-order valence-electron chi connectivity index (χ3n) is 4.35. The molecule has 1 aromatic heterocycles. The first-order valence-electron chi connectivity index (χ1n) is 8.94. The van der Waals surface area contributed by atoms with Gasteiger partial charge in [0.05, 0.1) is 11.8 Å². The zero-order valence-electron chi connectivity index (χ0n) is 15.9. The first-order chi connectivity index (χ1) is 13.0. The summed E-state index contributed by atoms with van der Waals surface area (Å²) >= 11 is 1.46. The van der Waals surface area contributed by atoms with Gasteiger partial charge < -0.3 is 9.47 Å². The number of carbonyl (C=O) groups excluding carboxylic acids is 1. The molecule has 1 atom stereocenters. The molecule has 0 saturated carbocycles. The third kappa shape index (κ3) is 4.98. The Kier molecular flexibility index (Phi) is 6.29. The van der Waals surface area contributed by atoms with Crippen molar-refractivity contribution in [3.05, 3.63) is 77.6 Å². The largest absolute Gasteiger partial charge is 0.340 e. The van der Waals surface area contributed by atoms with Crippen LogP contribution in [0.5, 0.6) is 0 Å². The van der Waals surface area contributed by atoms with Crippen molar-refractivity contribution < 1.29 is 4.79 Å². The summed E-state index contributed by atoms with van der Waals surface area (Å²) in [7, 11) is 1.84. The minimum Gasteiger partial charge on any atom is -0.340 e. The molecule has 0 bridgehead atoms. The number of thioether (sulfide) groups is 1. The fourth-order valence-corrected chi connectivity index (χ4v) is 3.86. The van der Waals surface area contributed by atoms with E-state index in [0.29, 0.717) is 13.1 Å². The summed E-state index contributed by atoms with van der Waals surface area (Å²) in [6.07, 6.45) is 0. The van der Waals surface area contributed by atoms with Crippen molar-refractivity contribution >= 4 is 17.7 Å². The van der Waals surface area contributed by atoms with Gasteiger partial charge in [0, 0.05) is 13.6 Å². The standard InChI is InChI=1S/C21H24N4OS/c1-16(20(26)24(3)14-18-10-6-4-7-11-18)27-21-23-22-17(2)25(21)15-19-12-8-5-9-13-19/h4-13,16H,14-15H2,1-3H3. The molecule has 5 nitrogen and oxygen atoms in total. The maximum Gasteiger partial charge on any atom is 0.235 e. The topological polar surface area (TPSA) is 51.0 Å². The van der Waals surface area contributed by atoms with Gasteiger partial charge in [-0.2, -0.15) is 0 Å². The Balaban J connectivity index is 1.67. The second-order valence-corrected chi connectivity index (χ2v) is 7.85. The van der Waals surface area contributed by atoms with Crippen LogP contribution in [0.15, 0.2) is 65.8 Å². The van der Waals surface area contributed by atoms with Crippen LogP contribution in [0.2, 0.25) is 0 Å². The number of hydrogen-bond acceptors (Lipinski definition) is 4. The zero-order valence-corrected chi connectivity index (χ0v) is 16.7. The second kappa shape index (κ2) is 8.86. The number of amides is 1. The minimum atomic E-state index is -0.239. The average molecular weight is 381 g/mol.